The second-order valence-corrected chi connectivity index (χ2v) is 9.74. The van der Waals surface area contributed by atoms with Crippen LogP contribution in [0.1, 0.15) is 35.8 Å². The molecule has 0 radical (unpaired) electrons. The zero-order valence-corrected chi connectivity index (χ0v) is 18.7. The smallest absolute Gasteiger partial charge is 0.198 e. The molecule has 2 aromatic heterocycles. The Kier molecular flexibility index (Phi) is 4.91. The fourth-order valence-corrected chi connectivity index (χ4v) is 6.04. The highest BCUT2D eigenvalue weighted by atomic mass is 35.5. The third-order valence-corrected chi connectivity index (χ3v) is 7.93. The monoisotopic (exact) mass is 453 g/mol. The summed E-state index contributed by atoms with van der Waals surface area (Å²) in [7, 11) is 0. The molecule has 8 heteroatoms. The van der Waals surface area contributed by atoms with Crippen LogP contribution in [0.2, 0.25) is 5.15 Å². The largest absolute Gasteiger partial charge is 0.494 e. The quantitative estimate of drug-likeness (QED) is 0.515. The minimum absolute atomic E-state index is 0.207. The number of allylic oxidation sites excluding steroid dienone is 4. The van der Waals surface area contributed by atoms with E-state index in [-0.39, 0.29) is 23.6 Å². The first-order valence-electron chi connectivity index (χ1n) is 11.6. The molecule has 32 heavy (non-hydrogen) atoms. The SMILES string of the molecule is Oc1c2c(c(O)n1CCCCN1CCN(c3ccc(Cl)nn3)CC1)C1C=CC2C2C=CC12. The molecular weight excluding hydrogens is 426 g/mol. The summed E-state index contributed by atoms with van der Waals surface area (Å²) < 4.78 is 1.74. The normalized spacial score (nSPS) is 28.0. The predicted octanol–water partition coefficient (Wildman–Crippen LogP) is 3.50. The Bertz CT molecular complexity index is 1030. The van der Waals surface area contributed by atoms with E-state index in [1.807, 2.05) is 6.07 Å². The van der Waals surface area contributed by atoms with E-state index in [0.29, 0.717) is 23.5 Å². The number of hydrogen-bond donors (Lipinski definition) is 2. The van der Waals surface area contributed by atoms with Crippen molar-refractivity contribution < 1.29 is 10.2 Å². The van der Waals surface area contributed by atoms with Gasteiger partial charge in [-0.2, -0.15) is 0 Å². The number of aromatic nitrogens is 3. The molecule has 4 aliphatic carbocycles. The van der Waals surface area contributed by atoms with Crippen molar-refractivity contribution in [2.75, 3.05) is 37.6 Å². The Balaban J connectivity index is 1.02. The first-order valence-corrected chi connectivity index (χ1v) is 12.0. The summed E-state index contributed by atoms with van der Waals surface area (Å²) in [4.78, 5) is 4.71. The second kappa shape index (κ2) is 7.81. The molecule has 2 bridgehead atoms. The van der Waals surface area contributed by atoms with Crippen LogP contribution in [0.25, 0.3) is 0 Å². The molecule has 168 valence electrons. The summed E-state index contributed by atoms with van der Waals surface area (Å²) in [6.07, 6.45) is 10.9. The molecule has 2 aromatic rings. The second-order valence-electron chi connectivity index (χ2n) is 9.35. The van der Waals surface area contributed by atoms with Crippen molar-refractivity contribution >= 4 is 17.4 Å². The molecule has 0 spiro atoms. The van der Waals surface area contributed by atoms with Gasteiger partial charge in [0.25, 0.3) is 0 Å². The maximum atomic E-state index is 10.9. The fraction of sp³-hybridized carbons (Fsp3) is 0.500. The van der Waals surface area contributed by atoms with E-state index in [1.165, 1.54) is 0 Å². The van der Waals surface area contributed by atoms with Gasteiger partial charge in [-0.05, 0) is 43.4 Å². The molecule has 1 saturated heterocycles. The number of rotatable bonds is 6. The van der Waals surface area contributed by atoms with Gasteiger partial charge < -0.3 is 15.1 Å². The Hall–Kier alpha value is -2.51. The van der Waals surface area contributed by atoms with Gasteiger partial charge in [0.15, 0.2) is 22.7 Å². The first kappa shape index (κ1) is 20.1. The van der Waals surface area contributed by atoms with E-state index < -0.39 is 0 Å². The molecule has 7 rings (SSSR count). The van der Waals surface area contributed by atoms with Crippen molar-refractivity contribution in [3.05, 3.63) is 52.7 Å². The summed E-state index contributed by atoms with van der Waals surface area (Å²) >= 11 is 5.83. The van der Waals surface area contributed by atoms with Crippen LogP contribution in [0.5, 0.6) is 11.8 Å². The van der Waals surface area contributed by atoms with E-state index >= 15 is 0 Å². The van der Waals surface area contributed by atoms with E-state index in [0.717, 1.165) is 62.5 Å². The molecule has 7 nitrogen and oxygen atoms in total. The number of anilines is 1. The number of piperazine rings is 1. The van der Waals surface area contributed by atoms with Gasteiger partial charge in [0.05, 0.1) is 0 Å². The Labute approximate surface area is 192 Å². The van der Waals surface area contributed by atoms with Crippen LogP contribution in [0, 0.1) is 11.8 Å². The molecule has 0 amide bonds. The minimum atomic E-state index is 0.207. The van der Waals surface area contributed by atoms with Gasteiger partial charge in [-0.25, -0.2) is 0 Å². The lowest BCUT2D eigenvalue weighted by molar-refractivity contribution is 0.249. The minimum Gasteiger partial charge on any atom is -0.494 e. The van der Waals surface area contributed by atoms with Gasteiger partial charge in [-0.3, -0.25) is 9.47 Å². The predicted molar refractivity (Wildman–Crippen MR) is 123 cm³/mol. The lowest BCUT2D eigenvalue weighted by Crippen LogP contribution is -2.47. The molecule has 2 N–H and O–H groups in total. The molecular formula is C24H28ClN5O2. The summed E-state index contributed by atoms with van der Waals surface area (Å²) in [5, 5.41) is 30.4. The van der Waals surface area contributed by atoms with Gasteiger partial charge >= 0.3 is 0 Å². The van der Waals surface area contributed by atoms with Crippen molar-refractivity contribution in [3.63, 3.8) is 0 Å². The van der Waals surface area contributed by atoms with Crippen molar-refractivity contribution in [1.82, 2.24) is 19.7 Å². The highest BCUT2D eigenvalue weighted by molar-refractivity contribution is 6.29. The summed E-state index contributed by atoms with van der Waals surface area (Å²) in [6.45, 7) is 5.49. The molecule has 0 saturated carbocycles. The van der Waals surface area contributed by atoms with Crippen molar-refractivity contribution in [1.29, 1.82) is 0 Å². The lowest BCUT2D eigenvalue weighted by atomic mass is 9.56. The van der Waals surface area contributed by atoms with E-state index in [2.05, 4.69) is 44.3 Å². The lowest BCUT2D eigenvalue weighted by Gasteiger charge is -2.47. The fourth-order valence-electron chi connectivity index (χ4n) is 5.94. The summed E-state index contributed by atoms with van der Waals surface area (Å²) in [5.74, 6) is 2.80. The van der Waals surface area contributed by atoms with Crippen LogP contribution in [-0.4, -0.2) is 62.6 Å². The van der Waals surface area contributed by atoms with E-state index in [4.69, 9.17) is 11.6 Å². The van der Waals surface area contributed by atoms with Gasteiger partial charge in [0.2, 0.25) is 0 Å². The topological polar surface area (TPSA) is 77.7 Å². The highest BCUT2D eigenvalue weighted by Gasteiger charge is 2.49. The third-order valence-electron chi connectivity index (χ3n) is 7.73. The van der Waals surface area contributed by atoms with Crippen molar-refractivity contribution in [2.45, 2.75) is 31.2 Å². The zero-order valence-electron chi connectivity index (χ0n) is 17.9. The van der Waals surface area contributed by atoms with E-state index in [9.17, 15) is 10.2 Å². The van der Waals surface area contributed by atoms with Crippen LogP contribution in [0.15, 0.2) is 36.4 Å². The van der Waals surface area contributed by atoms with Crippen LogP contribution in [-0.2, 0) is 6.54 Å². The molecule has 3 heterocycles. The number of hydrogen-bond acceptors (Lipinski definition) is 6. The Morgan fingerprint density at radius 2 is 1.44 bits per heavy atom. The number of unbranched alkanes of at least 4 members (excludes halogenated alkanes) is 1. The summed E-state index contributed by atoms with van der Waals surface area (Å²) in [6, 6.07) is 3.70. The third kappa shape index (κ3) is 3.13. The van der Waals surface area contributed by atoms with Crippen LogP contribution >= 0.6 is 11.6 Å². The standard InChI is InChI=1S/C24H28ClN5O2/c25-19-7-8-20(27-26-19)29-13-11-28(12-14-29)9-1-2-10-30-23(31)21-17-5-6-18(22(21)24(30)32)16-4-3-15(16)17/h3-8,15-18,31-32H,1-2,9-14H2. The Morgan fingerprint density at radius 1 is 0.812 bits per heavy atom. The molecule has 4 atom stereocenters. The Morgan fingerprint density at radius 3 is 2.00 bits per heavy atom. The van der Waals surface area contributed by atoms with E-state index in [1.54, 1.807) is 10.6 Å². The molecule has 5 aliphatic rings. The average Bonchev–Trinajstić information content (AvgIpc) is 3.04. The molecule has 4 unspecified atom stereocenters. The molecule has 1 aliphatic heterocycles. The molecule has 0 aromatic carbocycles. The van der Waals surface area contributed by atoms with Gasteiger partial charge in [0, 0.05) is 55.7 Å². The maximum absolute atomic E-state index is 10.9. The van der Waals surface area contributed by atoms with Crippen LogP contribution < -0.4 is 4.90 Å². The summed E-state index contributed by atoms with van der Waals surface area (Å²) in [5.41, 5.74) is 1.92. The maximum Gasteiger partial charge on any atom is 0.198 e. The van der Waals surface area contributed by atoms with Crippen LogP contribution in [0.4, 0.5) is 5.82 Å². The molecule has 1 fully saturated rings. The number of nitrogens with zero attached hydrogens (tertiary/aromatic N) is 5. The number of aromatic hydroxyl groups is 2. The average molecular weight is 454 g/mol. The highest BCUT2D eigenvalue weighted by Crippen LogP contribution is 2.61. The van der Waals surface area contributed by atoms with Gasteiger partial charge in [0.1, 0.15) is 0 Å². The zero-order chi connectivity index (χ0) is 21.8. The van der Waals surface area contributed by atoms with Gasteiger partial charge in [-0.1, -0.05) is 35.9 Å². The first-order chi connectivity index (χ1) is 15.6. The van der Waals surface area contributed by atoms with Crippen molar-refractivity contribution in [2.24, 2.45) is 11.8 Å². The van der Waals surface area contributed by atoms with Crippen LogP contribution in [0.3, 0.4) is 0 Å². The van der Waals surface area contributed by atoms with Crippen molar-refractivity contribution in [3.8, 4) is 11.8 Å². The number of halogens is 1. The van der Waals surface area contributed by atoms with Gasteiger partial charge in [-0.15, -0.1) is 10.2 Å².